The average molecular weight is 222 g/mol. The van der Waals surface area contributed by atoms with E-state index in [1.807, 2.05) is 0 Å². The van der Waals surface area contributed by atoms with E-state index in [0.717, 1.165) is 0 Å². The molecule has 0 heterocycles. The normalized spacial score (nSPS) is 0. The Balaban J connectivity index is 0. The van der Waals surface area contributed by atoms with E-state index in [2.05, 4.69) is 0 Å². The van der Waals surface area contributed by atoms with E-state index in [9.17, 15) is 0 Å². The molecule has 0 unspecified atom stereocenters. The molecule has 0 aliphatic carbocycles. The van der Waals surface area contributed by atoms with Crippen LogP contribution in [0.3, 0.4) is 0 Å². The molecule has 1 radical (unpaired) electrons. The van der Waals surface area contributed by atoms with Gasteiger partial charge < -0.3 is 43.2 Å². The van der Waals surface area contributed by atoms with Gasteiger partial charge in [-0.2, -0.15) is 0 Å². The maximum Gasteiger partial charge on any atom is 3.00 e. The number of rotatable bonds is 0. The van der Waals surface area contributed by atoms with Crippen molar-refractivity contribution in [1.29, 1.82) is 0 Å². The summed E-state index contributed by atoms with van der Waals surface area (Å²) in [6.07, 6.45) is 0. The molecule has 0 rings (SSSR count). The molecule has 0 saturated heterocycles. The molecule has 0 aliphatic rings. The maximum atomic E-state index is 0. The van der Waals surface area contributed by atoms with Crippen LogP contribution in [0.2, 0.25) is 0 Å². The largest absolute Gasteiger partial charge is 3.00 e. The summed E-state index contributed by atoms with van der Waals surface area (Å²) >= 11 is 0. The van der Waals surface area contributed by atoms with E-state index in [1.54, 1.807) is 0 Å². The number of hydrogen-bond acceptors (Lipinski definition) is 5. The van der Waals surface area contributed by atoms with Crippen molar-refractivity contribution in [3.63, 3.8) is 0 Å². The molecule has 0 aliphatic heterocycles. The topological polar surface area (TPSA) is 175 Å². The summed E-state index contributed by atoms with van der Waals surface area (Å²) in [7, 11) is 0. The molecule has 0 fully saturated rings. The van der Waals surface area contributed by atoms with Crippen LogP contribution in [0.4, 0.5) is 0 Å². The minimum absolute atomic E-state index is 0. The fourth-order valence-corrected chi connectivity index (χ4v) is 0. The molecular formula is H15ClN5Ru+2. The van der Waals surface area contributed by atoms with Gasteiger partial charge in [0.05, 0.1) is 0 Å². The van der Waals surface area contributed by atoms with Crippen molar-refractivity contribution in [2.75, 3.05) is 0 Å². The molecule has 0 saturated carbocycles. The summed E-state index contributed by atoms with van der Waals surface area (Å²) in [6.45, 7) is 0. The van der Waals surface area contributed by atoms with Gasteiger partial charge >= 0.3 is 19.5 Å². The van der Waals surface area contributed by atoms with Gasteiger partial charge in [-0.1, -0.05) is 0 Å². The molecule has 0 aromatic rings. The predicted molar refractivity (Wildman–Crippen MR) is 25.1 cm³/mol. The summed E-state index contributed by atoms with van der Waals surface area (Å²) in [5.74, 6) is 0. The van der Waals surface area contributed by atoms with Gasteiger partial charge in [-0.3, -0.25) is 0 Å². The standard InChI is InChI=1S/ClH.5H3N.Ru/h1H;5*1H3;/q;;;;;;+3/p-1. The summed E-state index contributed by atoms with van der Waals surface area (Å²) < 4.78 is 0. The van der Waals surface area contributed by atoms with Crippen LogP contribution in [0.5, 0.6) is 0 Å². The van der Waals surface area contributed by atoms with Gasteiger partial charge in [0.25, 0.3) is 0 Å². The summed E-state index contributed by atoms with van der Waals surface area (Å²) in [5.41, 5.74) is 0. The average Bonchev–Trinajstić information content (AvgIpc) is 0. The second-order valence-corrected chi connectivity index (χ2v) is 0. The second-order valence-electron chi connectivity index (χ2n) is 0. The molecular weight excluding hydrogens is 207 g/mol. The Kier molecular flexibility index (Phi) is 42000. The third kappa shape index (κ3) is 293. The Labute approximate surface area is 63.1 Å². The zero-order chi connectivity index (χ0) is 0. The molecule has 0 amide bonds. The zero-order valence-corrected chi connectivity index (χ0v) is 6.76. The zero-order valence-electron chi connectivity index (χ0n) is 4.27. The predicted octanol–water partition coefficient (Wildman–Crippen LogP) is -2.19. The molecule has 0 bridgehead atoms. The van der Waals surface area contributed by atoms with Crippen LogP contribution in [0.1, 0.15) is 0 Å². The Bertz CT molecular complexity index is 8.04. The van der Waals surface area contributed by atoms with Gasteiger partial charge in [0.2, 0.25) is 0 Å². The van der Waals surface area contributed by atoms with E-state index in [4.69, 9.17) is 0 Å². The molecule has 7 heavy (non-hydrogen) atoms. The summed E-state index contributed by atoms with van der Waals surface area (Å²) in [5, 5.41) is 0. The van der Waals surface area contributed by atoms with Crippen molar-refractivity contribution in [3.05, 3.63) is 0 Å². The summed E-state index contributed by atoms with van der Waals surface area (Å²) in [4.78, 5) is 0. The monoisotopic (exact) mass is 222 g/mol. The molecule has 7 heteroatoms. The minimum Gasteiger partial charge on any atom is -1.00 e. The van der Waals surface area contributed by atoms with Gasteiger partial charge in [-0.15, -0.1) is 0 Å². The first kappa shape index (κ1) is 683. The number of hydrogen-bond donors (Lipinski definition) is 5. The van der Waals surface area contributed by atoms with E-state index in [0.29, 0.717) is 0 Å². The van der Waals surface area contributed by atoms with E-state index >= 15 is 0 Å². The van der Waals surface area contributed by atoms with Crippen molar-refractivity contribution >= 4 is 0 Å². The van der Waals surface area contributed by atoms with Crippen molar-refractivity contribution in [3.8, 4) is 0 Å². The molecule has 0 spiro atoms. The van der Waals surface area contributed by atoms with Gasteiger partial charge in [-0.25, -0.2) is 0 Å². The molecule has 15 N–H and O–H groups in total. The Morgan fingerprint density at radius 2 is 0.429 bits per heavy atom. The second kappa shape index (κ2) is 431. The molecule has 0 aromatic carbocycles. The van der Waals surface area contributed by atoms with Gasteiger partial charge in [0.1, 0.15) is 0 Å². The van der Waals surface area contributed by atoms with Gasteiger partial charge in [0.15, 0.2) is 0 Å². The van der Waals surface area contributed by atoms with Crippen LogP contribution >= 0.6 is 0 Å². The van der Waals surface area contributed by atoms with Crippen molar-refractivity contribution < 1.29 is 31.9 Å². The Hall–Kier alpha value is 0.713. The fraction of sp³-hybridized carbons (Fsp3) is 0. The van der Waals surface area contributed by atoms with Crippen LogP contribution in [0.15, 0.2) is 0 Å². The quantitative estimate of drug-likeness (QED) is 0.292. The smallest absolute Gasteiger partial charge is 1.00 e. The fourth-order valence-electron chi connectivity index (χ4n) is 0. The van der Waals surface area contributed by atoms with Gasteiger partial charge in [0, 0.05) is 0 Å². The SMILES string of the molecule is N.N.N.N.N.[Cl-].[Ru+3]. The van der Waals surface area contributed by atoms with E-state index in [-0.39, 0.29) is 62.6 Å². The van der Waals surface area contributed by atoms with Crippen LogP contribution in [-0.4, -0.2) is 0 Å². The molecule has 5 nitrogen and oxygen atoms in total. The van der Waals surface area contributed by atoms with Crippen molar-refractivity contribution in [1.82, 2.24) is 30.8 Å². The van der Waals surface area contributed by atoms with E-state index in [1.165, 1.54) is 0 Å². The van der Waals surface area contributed by atoms with Crippen molar-refractivity contribution in [2.24, 2.45) is 0 Å². The third-order valence-electron chi connectivity index (χ3n) is 0. The van der Waals surface area contributed by atoms with E-state index < -0.39 is 0 Å². The van der Waals surface area contributed by atoms with Crippen LogP contribution in [-0.2, 0) is 19.5 Å². The first-order valence-corrected chi connectivity index (χ1v) is 0. The van der Waals surface area contributed by atoms with Crippen molar-refractivity contribution in [2.45, 2.75) is 0 Å². The molecule has 0 atom stereocenters. The Morgan fingerprint density at radius 3 is 0.429 bits per heavy atom. The van der Waals surface area contributed by atoms with Gasteiger partial charge in [-0.05, 0) is 0 Å². The molecule has 0 aromatic heterocycles. The first-order chi connectivity index (χ1) is 0. The molecule has 53 valence electrons. The summed E-state index contributed by atoms with van der Waals surface area (Å²) in [6, 6.07) is 0. The van der Waals surface area contributed by atoms with Crippen LogP contribution < -0.4 is 43.2 Å². The maximum absolute atomic E-state index is 0. The van der Waals surface area contributed by atoms with Crippen LogP contribution in [0, 0.1) is 0 Å². The van der Waals surface area contributed by atoms with Crippen LogP contribution in [0.25, 0.3) is 0 Å². The number of halogens is 1. The Morgan fingerprint density at radius 1 is 0.429 bits per heavy atom. The third-order valence-corrected chi connectivity index (χ3v) is 0. The first-order valence-electron chi connectivity index (χ1n) is 0. The minimum atomic E-state index is 0.